The first kappa shape index (κ1) is 11.0. The second-order valence-electron chi connectivity index (χ2n) is 2.62. The van der Waals surface area contributed by atoms with Gasteiger partial charge in [-0.1, -0.05) is 6.58 Å². The van der Waals surface area contributed by atoms with Gasteiger partial charge in [0.15, 0.2) is 0 Å². The Morgan fingerprint density at radius 2 is 2.14 bits per heavy atom. The van der Waals surface area contributed by atoms with Gasteiger partial charge in [-0.2, -0.15) is 24.5 Å². The zero-order chi connectivity index (χ0) is 10.8. The van der Waals surface area contributed by atoms with E-state index in [9.17, 15) is 18.3 Å². The first-order valence-electron chi connectivity index (χ1n) is 3.60. The number of thiophene rings is 1. The molecule has 1 aromatic heterocycles. The first-order chi connectivity index (χ1) is 6.42. The standard InChI is InChI=1S/C9H7F3OS/c1-2-4-8(13,9(10,11)12)7-3-5-14-6-7/h3-6,13H,1H2/t8-/m1/s1. The highest BCUT2D eigenvalue weighted by Crippen LogP contribution is 2.40. The second kappa shape index (κ2) is 3.61. The van der Waals surface area contributed by atoms with E-state index in [0.717, 1.165) is 11.3 Å². The van der Waals surface area contributed by atoms with Gasteiger partial charge < -0.3 is 5.11 Å². The molecule has 1 atom stereocenters. The maximum Gasteiger partial charge on any atom is 0.425 e. The van der Waals surface area contributed by atoms with Gasteiger partial charge in [-0.3, -0.25) is 0 Å². The van der Waals surface area contributed by atoms with Crippen molar-refractivity contribution in [3.8, 4) is 0 Å². The van der Waals surface area contributed by atoms with Gasteiger partial charge in [-0.15, -0.1) is 5.73 Å². The van der Waals surface area contributed by atoms with Crippen LogP contribution in [0, 0.1) is 0 Å². The normalized spacial score (nSPS) is 15.7. The van der Waals surface area contributed by atoms with Gasteiger partial charge >= 0.3 is 6.18 Å². The Balaban J connectivity index is 3.26. The molecular formula is C9H7F3OS. The molecule has 0 aromatic carbocycles. The van der Waals surface area contributed by atoms with Gasteiger partial charge in [-0.25, -0.2) is 0 Å². The topological polar surface area (TPSA) is 20.2 Å². The van der Waals surface area contributed by atoms with E-state index >= 15 is 0 Å². The molecule has 1 aromatic rings. The SMILES string of the molecule is C=C=C[C@@](O)(c1ccsc1)C(F)(F)F. The summed E-state index contributed by atoms with van der Waals surface area (Å²) < 4.78 is 37.5. The average Bonchev–Trinajstić information content (AvgIpc) is 2.54. The Morgan fingerprint density at radius 3 is 2.50 bits per heavy atom. The third-order valence-electron chi connectivity index (χ3n) is 1.70. The monoisotopic (exact) mass is 220 g/mol. The maximum absolute atomic E-state index is 12.5. The Labute approximate surface area is 82.8 Å². The predicted octanol–water partition coefficient (Wildman–Crippen LogP) is 2.84. The number of hydrogen-bond acceptors (Lipinski definition) is 2. The van der Waals surface area contributed by atoms with Gasteiger partial charge in [0, 0.05) is 11.6 Å². The molecule has 14 heavy (non-hydrogen) atoms. The van der Waals surface area contributed by atoms with Crippen LogP contribution >= 0.6 is 11.3 Å². The van der Waals surface area contributed by atoms with Crippen molar-refractivity contribution in [3.05, 3.63) is 40.8 Å². The quantitative estimate of drug-likeness (QED) is 0.760. The largest absolute Gasteiger partial charge is 0.425 e. The van der Waals surface area contributed by atoms with E-state index in [2.05, 4.69) is 6.58 Å². The van der Waals surface area contributed by atoms with Crippen LogP contribution in [0.2, 0.25) is 0 Å². The van der Waals surface area contributed by atoms with Crippen LogP contribution in [-0.4, -0.2) is 11.3 Å². The van der Waals surface area contributed by atoms with Crippen molar-refractivity contribution >= 4 is 11.3 Å². The van der Waals surface area contributed by atoms with Crippen LogP contribution in [0.3, 0.4) is 0 Å². The summed E-state index contributed by atoms with van der Waals surface area (Å²) in [5, 5.41) is 12.1. The van der Waals surface area contributed by atoms with Crippen LogP contribution in [0.4, 0.5) is 13.2 Å². The maximum atomic E-state index is 12.5. The molecule has 1 N–H and O–H groups in total. The predicted molar refractivity (Wildman–Crippen MR) is 48.0 cm³/mol. The van der Waals surface area contributed by atoms with E-state index in [1.165, 1.54) is 16.8 Å². The van der Waals surface area contributed by atoms with Crippen molar-refractivity contribution in [3.63, 3.8) is 0 Å². The highest BCUT2D eigenvalue weighted by atomic mass is 32.1. The molecule has 0 saturated heterocycles. The molecule has 0 spiro atoms. The Kier molecular flexibility index (Phi) is 2.85. The number of alkyl halides is 3. The van der Waals surface area contributed by atoms with Crippen molar-refractivity contribution in [2.45, 2.75) is 11.8 Å². The smallest absolute Gasteiger partial charge is 0.372 e. The molecule has 0 saturated carbocycles. The number of rotatable bonds is 2. The van der Waals surface area contributed by atoms with Gasteiger partial charge in [0.1, 0.15) is 0 Å². The van der Waals surface area contributed by atoms with Crippen molar-refractivity contribution < 1.29 is 18.3 Å². The Hall–Kier alpha value is -1.03. The molecular weight excluding hydrogens is 213 g/mol. The lowest BCUT2D eigenvalue weighted by atomic mass is 9.96. The van der Waals surface area contributed by atoms with E-state index in [-0.39, 0.29) is 5.56 Å². The molecule has 1 heterocycles. The molecule has 0 amide bonds. The minimum Gasteiger partial charge on any atom is -0.372 e. The molecule has 76 valence electrons. The van der Waals surface area contributed by atoms with E-state index in [4.69, 9.17) is 0 Å². The number of aliphatic hydroxyl groups is 1. The minimum absolute atomic E-state index is 0.217. The van der Waals surface area contributed by atoms with Crippen LogP contribution in [0.5, 0.6) is 0 Å². The zero-order valence-corrected chi connectivity index (χ0v) is 7.82. The van der Waals surface area contributed by atoms with Crippen molar-refractivity contribution in [1.82, 2.24) is 0 Å². The average molecular weight is 220 g/mol. The molecule has 0 bridgehead atoms. The van der Waals surface area contributed by atoms with Gasteiger partial charge in [0.25, 0.3) is 0 Å². The van der Waals surface area contributed by atoms with E-state index in [1.54, 1.807) is 0 Å². The van der Waals surface area contributed by atoms with Crippen LogP contribution in [0.15, 0.2) is 35.2 Å². The fraction of sp³-hybridized carbons (Fsp3) is 0.222. The summed E-state index contributed by atoms with van der Waals surface area (Å²) in [5.74, 6) is 0. The van der Waals surface area contributed by atoms with E-state index < -0.39 is 11.8 Å². The fourth-order valence-electron chi connectivity index (χ4n) is 0.958. The summed E-state index contributed by atoms with van der Waals surface area (Å²) in [6.07, 6.45) is -4.26. The molecule has 0 aliphatic rings. The minimum atomic E-state index is -4.77. The third kappa shape index (κ3) is 1.75. The molecule has 5 heteroatoms. The molecule has 0 aliphatic heterocycles. The fourth-order valence-corrected chi connectivity index (χ4v) is 1.67. The molecule has 1 rings (SSSR count). The van der Waals surface area contributed by atoms with Crippen molar-refractivity contribution in [1.29, 1.82) is 0 Å². The summed E-state index contributed by atoms with van der Waals surface area (Å²) >= 11 is 1.08. The van der Waals surface area contributed by atoms with E-state index in [0.29, 0.717) is 6.08 Å². The van der Waals surface area contributed by atoms with E-state index in [1.807, 2.05) is 5.73 Å². The lowest BCUT2D eigenvalue weighted by Gasteiger charge is -2.25. The highest BCUT2D eigenvalue weighted by Gasteiger charge is 2.53. The summed E-state index contributed by atoms with van der Waals surface area (Å²) in [6, 6.07) is 1.21. The molecule has 0 aliphatic carbocycles. The van der Waals surface area contributed by atoms with Crippen LogP contribution in [-0.2, 0) is 5.60 Å². The Morgan fingerprint density at radius 1 is 1.50 bits per heavy atom. The molecule has 0 fully saturated rings. The van der Waals surface area contributed by atoms with Crippen molar-refractivity contribution in [2.24, 2.45) is 0 Å². The summed E-state index contributed by atoms with van der Waals surface area (Å²) in [5.41, 5.74) is -1.23. The van der Waals surface area contributed by atoms with Crippen LogP contribution in [0.25, 0.3) is 0 Å². The summed E-state index contributed by atoms with van der Waals surface area (Å²) in [4.78, 5) is 0. The van der Waals surface area contributed by atoms with Crippen molar-refractivity contribution in [2.75, 3.05) is 0 Å². The van der Waals surface area contributed by atoms with Gasteiger partial charge in [0.2, 0.25) is 5.60 Å². The van der Waals surface area contributed by atoms with Crippen LogP contribution in [0.1, 0.15) is 5.56 Å². The molecule has 0 unspecified atom stereocenters. The lowest BCUT2D eigenvalue weighted by Crippen LogP contribution is -2.39. The summed E-state index contributed by atoms with van der Waals surface area (Å²) in [6.45, 7) is 3.03. The Bertz CT molecular complexity index is 349. The molecule has 1 nitrogen and oxygen atoms in total. The molecule has 0 radical (unpaired) electrons. The highest BCUT2D eigenvalue weighted by molar-refractivity contribution is 7.08. The third-order valence-corrected chi connectivity index (χ3v) is 2.39. The number of halogens is 3. The van der Waals surface area contributed by atoms with Crippen LogP contribution < -0.4 is 0 Å². The first-order valence-corrected chi connectivity index (χ1v) is 4.55. The second-order valence-corrected chi connectivity index (χ2v) is 3.40. The lowest BCUT2D eigenvalue weighted by molar-refractivity contribution is -0.245. The number of hydrogen-bond donors (Lipinski definition) is 1. The van der Waals surface area contributed by atoms with Gasteiger partial charge in [0.05, 0.1) is 0 Å². The zero-order valence-electron chi connectivity index (χ0n) is 7.01. The van der Waals surface area contributed by atoms with Gasteiger partial charge in [-0.05, 0) is 16.8 Å². The summed E-state index contributed by atoms with van der Waals surface area (Å²) in [7, 11) is 0.